The molecule has 1 N–H and O–H groups in total. The van der Waals surface area contributed by atoms with Crippen molar-refractivity contribution in [3.05, 3.63) is 46.3 Å². The minimum Gasteiger partial charge on any atom is -0.475 e. The molecule has 0 spiro atoms. The zero-order valence-corrected chi connectivity index (χ0v) is 16.2. The van der Waals surface area contributed by atoms with Crippen LogP contribution in [-0.2, 0) is 13.1 Å². The topological polar surface area (TPSA) is 57.7 Å². The highest BCUT2D eigenvalue weighted by atomic mass is 32.1. The van der Waals surface area contributed by atoms with Crippen LogP contribution in [0.2, 0.25) is 0 Å². The van der Waals surface area contributed by atoms with Gasteiger partial charge in [-0.1, -0.05) is 12.1 Å². The minimum atomic E-state index is -0.0109. The third-order valence-electron chi connectivity index (χ3n) is 4.22. The Labute approximate surface area is 158 Å². The molecule has 3 rings (SSSR count). The van der Waals surface area contributed by atoms with E-state index in [1.165, 1.54) is 4.88 Å². The largest absolute Gasteiger partial charge is 0.475 e. The lowest BCUT2D eigenvalue weighted by Gasteiger charge is -2.34. The first kappa shape index (κ1) is 18.7. The van der Waals surface area contributed by atoms with Crippen LogP contribution in [0.1, 0.15) is 24.3 Å². The van der Waals surface area contributed by atoms with Gasteiger partial charge in [-0.2, -0.15) is 0 Å². The molecule has 0 aliphatic carbocycles. The summed E-state index contributed by atoms with van der Waals surface area (Å²) in [4.78, 5) is 22.3. The number of urea groups is 1. The number of hydrogen-bond acceptors (Lipinski definition) is 5. The van der Waals surface area contributed by atoms with Crippen LogP contribution in [0.3, 0.4) is 0 Å². The van der Waals surface area contributed by atoms with E-state index in [9.17, 15) is 4.79 Å². The number of aromatic nitrogens is 1. The van der Waals surface area contributed by atoms with Gasteiger partial charge in [-0.05, 0) is 30.9 Å². The second kappa shape index (κ2) is 9.00. The Bertz CT molecular complexity index is 680. The zero-order chi connectivity index (χ0) is 18.4. The lowest BCUT2D eigenvalue weighted by Crippen LogP contribution is -2.51. The SMILES string of the molecule is CC(C)Oc1ccc(CNC(=O)N2CCN(Cc3cccs3)CC2)cn1. The third-order valence-corrected chi connectivity index (χ3v) is 5.08. The Kier molecular flexibility index (Phi) is 6.46. The average molecular weight is 375 g/mol. The van der Waals surface area contributed by atoms with E-state index in [1.807, 2.05) is 30.9 Å². The number of amides is 2. The summed E-state index contributed by atoms with van der Waals surface area (Å²) in [6.45, 7) is 8.73. The molecular formula is C19H26N4O2S. The van der Waals surface area contributed by atoms with Gasteiger partial charge in [0.05, 0.1) is 6.10 Å². The predicted molar refractivity (Wildman–Crippen MR) is 103 cm³/mol. The molecule has 0 radical (unpaired) electrons. The number of rotatable bonds is 6. The molecule has 1 aliphatic heterocycles. The van der Waals surface area contributed by atoms with E-state index in [2.05, 4.69) is 32.7 Å². The smallest absolute Gasteiger partial charge is 0.317 e. The molecule has 2 aromatic heterocycles. The molecule has 26 heavy (non-hydrogen) atoms. The first-order valence-electron chi connectivity index (χ1n) is 8.99. The molecule has 3 heterocycles. The molecule has 6 nitrogen and oxygen atoms in total. The van der Waals surface area contributed by atoms with Gasteiger partial charge < -0.3 is 15.0 Å². The average Bonchev–Trinajstić information content (AvgIpc) is 3.14. The van der Waals surface area contributed by atoms with Crippen LogP contribution in [0, 0.1) is 0 Å². The normalized spacial score (nSPS) is 15.3. The standard InChI is InChI=1S/C19H26N4O2S/c1-15(2)25-18-6-5-16(12-20-18)13-21-19(24)23-9-7-22(8-10-23)14-17-4-3-11-26-17/h3-6,11-12,15H,7-10,13-14H2,1-2H3,(H,21,24). The molecular weight excluding hydrogens is 348 g/mol. The molecule has 1 fully saturated rings. The fourth-order valence-electron chi connectivity index (χ4n) is 2.85. The van der Waals surface area contributed by atoms with Crippen molar-refractivity contribution < 1.29 is 9.53 Å². The van der Waals surface area contributed by atoms with Crippen molar-refractivity contribution in [3.63, 3.8) is 0 Å². The van der Waals surface area contributed by atoms with Gasteiger partial charge in [-0.25, -0.2) is 9.78 Å². The van der Waals surface area contributed by atoms with Crippen molar-refractivity contribution in [3.8, 4) is 5.88 Å². The van der Waals surface area contributed by atoms with Crippen LogP contribution < -0.4 is 10.1 Å². The number of nitrogens with zero attached hydrogens (tertiary/aromatic N) is 3. The van der Waals surface area contributed by atoms with Gasteiger partial charge in [0, 0.05) is 56.4 Å². The highest BCUT2D eigenvalue weighted by molar-refractivity contribution is 7.09. The van der Waals surface area contributed by atoms with Gasteiger partial charge >= 0.3 is 6.03 Å². The number of pyridine rings is 1. The molecule has 2 amide bonds. The molecule has 0 atom stereocenters. The maximum atomic E-state index is 12.4. The highest BCUT2D eigenvalue weighted by Gasteiger charge is 2.21. The van der Waals surface area contributed by atoms with Gasteiger partial charge in [-0.3, -0.25) is 4.90 Å². The Morgan fingerprint density at radius 1 is 1.27 bits per heavy atom. The summed E-state index contributed by atoms with van der Waals surface area (Å²) in [6.07, 6.45) is 1.85. The fourth-order valence-corrected chi connectivity index (χ4v) is 3.59. The Balaban J connectivity index is 1.40. The Morgan fingerprint density at radius 3 is 2.69 bits per heavy atom. The quantitative estimate of drug-likeness (QED) is 0.845. The van der Waals surface area contributed by atoms with Gasteiger partial charge in [0.2, 0.25) is 5.88 Å². The first-order valence-corrected chi connectivity index (χ1v) is 9.87. The number of carbonyl (C=O) groups is 1. The molecule has 2 aromatic rings. The summed E-state index contributed by atoms with van der Waals surface area (Å²) in [5.41, 5.74) is 0.964. The number of carbonyl (C=O) groups excluding carboxylic acids is 1. The van der Waals surface area contributed by atoms with E-state index in [4.69, 9.17) is 4.74 Å². The highest BCUT2D eigenvalue weighted by Crippen LogP contribution is 2.14. The molecule has 1 saturated heterocycles. The van der Waals surface area contributed by atoms with E-state index < -0.39 is 0 Å². The number of hydrogen-bond donors (Lipinski definition) is 1. The second-order valence-corrected chi connectivity index (χ2v) is 7.70. The fraction of sp³-hybridized carbons (Fsp3) is 0.474. The van der Waals surface area contributed by atoms with Crippen LogP contribution in [0.4, 0.5) is 4.79 Å². The number of thiophene rings is 1. The van der Waals surface area contributed by atoms with E-state index in [1.54, 1.807) is 17.5 Å². The van der Waals surface area contributed by atoms with E-state index in [0.717, 1.165) is 38.3 Å². The molecule has 7 heteroatoms. The number of piperazine rings is 1. The van der Waals surface area contributed by atoms with Crippen LogP contribution in [0.25, 0.3) is 0 Å². The molecule has 140 valence electrons. The van der Waals surface area contributed by atoms with Crippen molar-refractivity contribution >= 4 is 17.4 Å². The predicted octanol–water partition coefficient (Wildman–Crippen LogP) is 2.96. The summed E-state index contributed by atoms with van der Waals surface area (Å²) in [7, 11) is 0. The lowest BCUT2D eigenvalue weighted by atomic mass is 10.3. The maximum Gasteiger partial charge on any atom is 0.317 e. The van der Waals surface area contributed by atoms with Crippen LogP contribution in [-0.4, -0.2) is 53.1 Å². The van der Waals surface area contributed by atoms with Gasteiger partial charge in [0.15, 0.2) is 0 Å². The van der Waals surface area contributed by atoms with Crippen molar-refractivity contribution in [1.29, 1.82) is 0 Å². The molecule has 1 aliphatic rings. The molecule has 0 unspecified atom stereocenters. The first-order chi connectivity index (χ1) is 12.6. The maximum absolute atomic E-state index is 12.4. The summed E-state index contributed by atoms with van der Waals surface area (Å²) < 4.78 is 5.53. The van der Waals surface area contributed by atoms with E-state index >= 15 is 0 Å². The molecule has 0 bridgehead atoms. The van der Waals surface area contributed by atoms with E-state index in [-0.39, 0.29) is 12.1 Å². The summed E-state index contributed by atoms with van der Waals surface area (Å²) >= 11 is 1.78. The summed E-state index contributed by atoms with van der Waals surface area (Å²) in [6, 6.07) is 8.01. The monoisotopic (exact) mass is 374 g/mol. The van der Waals surface area contributed by atoms with E-state index in [0.29, 0.717) is 12.4 Å². The van der Waals surface area contributed by atoms with Crippen molar-refractivity contribution in [2.24, 2.45) is 0 Å². The summed E-state index contributed by atoms with van der Waals surface area (Å²) in [5, 5.41) is 5.09. The third kappa shape index (κ3) is 5.44. The van der Waals surface area contributed by atoms with Crippen molar-refractivity contribution in [1.82, 2.24) is 20.1 Å². The van der Waals surface area contributed by atoms with Crippen molar-refractivity contribution in [2.45, 2.75) is 33.0 Å². The molecule has 0 saturated carbocycles. The van der Waals surface area contributed by atoms with Crippen LogP contribution >= 0.6 is 11.3 Å². The van der Waals surface area contributed by atoms with Crippen LogP contribution in [0.15, 0.2) is 35.8 Å². The Morgan fingerprint density at radius 2 is 2.08 bits per heavy atom. The van der Waals surface area contributed by atoms with Gasteiger partial charge in [-0.15, -0.1) is 11.3 Å². The van der Waals surface area contributed by atoms with Crippen molar-refractivity contribution in [2.75, 3.05) is 26.2 Å². The number of ether oxygens (including phenoxy) is 1. The lowest BCUT2D eigenvalue weighted by molar-refractivity contribution is 0.135. The summed E-state index contributed by atoms with van der Waals surface area (Å²) in [5.74, 6) is 0.608. The molecule has 0 aromatic carbocycles. The second-order valence-electron chi connectivity index (χ2n) is 6.67. The Hall–Kier alpha value is -2.12. The number of nitrogens with one attached hydrogen (secondary N) is 1. The van der Waals surface area contributed by atoms with Gasteiger partial charge in [0.1, 0.15) is 0 Å². The van der Waals surface area contributed by atoms with Gasteiger partial charge in [0.25, 0.3) is 0 Å². The van der Waals surface area contributed by atoms with Crippen LogP contribution in [0.5, 0.6) is 5.88 Å². The minimum absolute atomic E-state index is 0.0109. The zero-order valence-electron chi connectivity index (χ0n) is 15.4.